The van der Waals surface area contributed by atoms with Gasteiger partial charge in [0.05, 0.1) is 13.7 Å². The Morgan fingerprint density at radius 1 is 0.943 bits per heavy atom. The zero-order chi connectivity index (χ0) is 24.7. The fraction of sp³-hybridized carbons (Fsp3) is 0.464. The average molecular weight is 480 g/mol. The van der Waals surface area contributed by atoms with Crippen LogP contribution in [-0.4, -0.2) is 60.8 Å². The highest BCUT2D eigenvalue weighted by Gasteiger charge is 2.35. The summed E-state index contributed by atoms with van der Waals surface area (Å²) in [4.78, 5) is 2.46. The molecule has 0 bridgehead atoms. The smallest absolute Gasteiger partial charge is 0.161 e. The number of hydrogen-bond acceptors (Lipinski definition) is 6. The molecule has 1 fully saturated rings. The van der Waals surface area contributed by atoms with Gasteiger partial charge in [0.25, 0.3) is 0 Å². The lowest BCUT2D eigenvalue weighted by molar-refractivity contribution is -0.0840. The van der Waals surface area contributed by atoms with Gasteiger partial charge in [0.1, 0.15) is 24.6 Å². The van der Waals surface area contributed by atoms with Crippen LogP contribution in [0.1, 0.15) is 29.5 Å². The van der Waals surface area contributed by atoms with Gasteiger partial charge in [-0.3, -0.25) is 9.58 Å². The lowest BCUT2D eigenvalue weighted by atomic mass is 9.91. The molecule has 0 saturated carbocycles. The van der Waals surface area contributed by atoms with Gasteiger partial charge < -0.3 is 18.9 Å². The van der Waals surface area contributed by atoms with Gasteiger partial charge >= 0.3 is 0 Å². The Kier molecular flexibility index (Phi) is 8.31. The second-order valence-electron chi connectivity index (χ2n) is 9.32. The maximum atomic E-state index is 6.20. The number of aryl methyl sites for hydroxylation is 2. The summed E-state index contributed by atoms with van der Waals surface area (Å²) in [5.41, 5.74) is 3.36. The summed E-state index contributed by atoms with van der Waals surface area (Å²) in [6, 6.07) is 14.4. The second-order valence-corrected chi connectivity index (χ2v) is 9.32. The Bertz CT molecular complexity index is 1080. The predicted molar refractivity (Wildman–Crippen MR) is 136 cm³/mol. The van der Waals surface area contributed by atoms with Crippen molar-refractivity contribution in [1.29, 1.82) is 0 Å². The zero-order valence-electron chi connectivity index (χ0n) is 21.3. The Hall–Kier alpha value is -3.03. The number of methoxy groups -OCH3 is 2. The van der Waals surface area contributed by atoms with Crippen LogP contribution in [0.4, 0.5) is 0 Å². The molecule has 0 aliphatic carbocycles. The van der Waals surface area contributed by atoms with Gasteiger partial charge in [-0.05, 0) is 62.1 Å². The molecule has 1 aliphatic rings. The van der Waals surface area contributed by atoms with Crippen LogP contribution >= 0.6 is 0 Å². The highest BCUT2D eigenvalue weighted by molar-refractivity contribution is 5.43. The minimum Gasteiger partial charge on any atom is -0.493 e. The third kappa shape index (κ3) is 6.55. The molecule has 4 rings (SSSR count). The molecule has 0 radical (unpaired) electrons. The summed E-state index contributed by atoms with van der Waals surface area (Å²) in [7, 11) is 3.47. The number of likely N-dealkylation sites (tertiary alicyclic amines) is 1. The lowest BCUT2D eigenvalue weighted by Crippen LogP contribution is -2.48. The normalized spacial score (nSPS) is 15.7. The van der Waals surface area contributed by atoms with Gasteiger partial charge in [0.2, 0.25) is 0 Å². The molecule has 0 N–H and O–H groups in total. The van der Waals surface area contributed by atoms with Crippen LogP contribution in [0.5, 0.6) is 17.2 Å². The van der Waals surface area contributed by atoms with E-state index >= 15 is 0 Å². The standard InChI is InChI=1S/C28H37N3O4/c1-22-6-8-25(23(2)18-22)35-21-28(33-4)10-14-30(15-11-28)20-24-7-9-26(32-3)27(19-24)34-17-16-31-13-5-12-29-31/h5-9,12-13,18-19H,10-11,14-17,20-21H2,1-4H3. The second kappa shape index (κ2) is 11.6. The van der Waals surface area contributed by atoms with E-state index in [1.54, 1.807) is 20.4 Å². The molecule has 0 atom stereocenters. The first-order chi connectivity index (χ1) is 17.0. The maximum Gasteiger partial charge on any atom is 0.161 e. The average Bonchev–Trinajstić information content (AvgIpc) is 3.38. The molecule has 2 aromatic carbocycles. The summed E-state index contributed by atoms with van der Waals surface area (Å²) in [5.74, 6) is 2.45. The van der Waals surface area contributed by atoms with Crippen LogP contribution in [0.25, 0.3) is 0 Å². The van der Waals surface area contributed by atoms with E-state index in [4.69, 9.17) is 18.9 Å². The van der Waals surface area contributed by atoms with Crippen LogP contribution in [0, 0.1) is 13.8 Å². The van der Waals surface area contributed by atoms with Crippen LogP contribution in [0.3, 0.4) is 0 Å². The molecule has 3 aromatic rings. The van der Waals surface area contributed by atoms with Gasteiger partial charge in [-0.1, -0.05) is 23.8 Å². The van der Waals surface area contributed by atoms with E-state index in [9.17, 15) is 0 Å². The van der Waals surface area contributed by atoms with E-state index in [2.05, 4.69) is 54.2 Å². The Morgan fingerprint density at radius 3 is 2.43 bits per heavy atom. The molecule has 0 amide bonds. The van der Waals surface area contributed by atoms with Gasteiger partial charge in [-0.15, -0.1) is 0 Å². The van der Waals surface area contributed by atoms with E-state index in [1.165, 1.54) is 11.1 Å². The van der Waals surface area contributed by atoms with Crippen molar-refractivity contribution in [1.82, 2.24) is 14.7 Å². The predicted octanol–water partition coefficient (Wildman–Crippen LogP) is 4.65. The topological polar surface area (TPSA) is 58.0 Å². The van der Waals surface area contributed by atoms with Gasteiger partial charge in [0, 0.05) is 39.1 Å². The Labute approximate surface area is 208 Å². The largest absolute Gasteiger partial charge is 0.493 e. The minimum atomic E-state index is -0.255. The summed E-state index contributed by atoms with van der Waals surface area (Å²) < 4.78 is 25.6. The van der Waals surface area contributed by atoms with Gasteiger partial charge in [-0.25, -0.2) is 0 Å². The Balaban J connectivity index is 1.31. The first kappa shape index (κ1) is 25.1. The van der Waals surface area contributed by atoms with Crippen LogP contribution in [0.15, 0.2) is 54.9 Å². The number of aromatic nitrogens is 2. The zero-order valence-corrected chi connectivity index (χ0v) is 21.3. The number of nitrogens with zero attached hydrogens (tertiary/aromatic N) is 3. The molecular weight excluding hydrogens is 442 g/mol. The fourth-order valence-electron chi connectivity index (χ4n) is 4.57. The van der Waals surface area contributed by atoms with Crippen molar-refractivity contribution < 1.29 is 18.9 Å². The summed E-state index contributed by atoms with van der Waals surface area (Å²) in [5, 5.41) is 4.22. The van der Waals surface area contributed by atoms with Crippen LogP contribution < -0.4 is 14.2 Å². The lowest BCUT2D eigenvalue weighted by Gasteiger charge is -2.40. The fourth-order valence-corrected chi connectivity index (χ4v) is 4.57. The highest BCUT2D eigenvalue weighted by Crippen LogP contribution is 2.31. The summed E-state index contributed by atoms with van der Waals surface area (Å²) in [6.45, 7) is 8.74. The number of rotatable bonds is 11. The number of ether oxygens (including phenoxy) is 4. The summed E-state index contributed by atoms with van der Waals surface area (Å²) in [6.07, 6.45) is 5.56. The van der Waals surface area contributed by atoms with E-state index < -0.39 is 0 Å². The van der Waals surface area contributed by atoms with E-state index in [0.29, 0.717) is 19.8 Å². The molecule has 1 aromatic heterocycles. The Morgan fingerprint density at radius 2 is 1.74 bits per heavy atom. The van der Waals surface area contributed by atoms with Crippen molar-refractivity contribution in [2.45, 2.75) is 45.4 Å². The maximum absolute atomic E-state index is 6.20. The van der Waals surface area contributed by atoms with Gasteiger partial charge in [0.15, 0.2) is 11.5 Å². The molecule has 0 spiro atoms. The molecule has 0 unspecified atom stereocenters. The van der Waals surface area contributed by atoms with E-state index in [1.807, 2.05) is 23.0 Å². The molecular formula is C28H37N3O4. The number of piperidine rings is 1. The first-order valence-electron chi connectivity index (χ1n) is 12.2. The molecule has 2 heterocycles. The molecule has 1 aliphatic heterocycles. The SMILES string of the molecule is COc1ccc(CN2CCC(COc3ccc(C)cc3C)(OC)CC2)cc1OCCn1cccn1. The third-order valence-electron chi connectivity index (χ3n) is 6.79. The van der Waals surface area contributed by atoms with Crippen molar-refractivity contribution in [2.24, 2.45) is 0 Å². The minimum absolute atomic E-state index is 0.255. The third-order valence-corrected chi connectivity index (χ3v) is 6.79. The van der Waals surface area contributed by atoms with Crippen molar-refractivity contribution in [3.05, 3.63) is 71.5 Å². The molecule has 188 valence electrons. The van der Waals surface area contributed by atoms with Gasteiger partial charge in [-0.2, -0.15) is 5.10 Å². The first-order valence-corrected chi connectivity index (χ1v) is 12.2. The molecule has 1 saturated heterocycles. The molecule has 7 heteroatoms. The van der Waals surface area contributed by atoms with Crippen LogP contribution in [0.2, 0.25) is 0 Å². The van der Waals surface area contributed by atoms with E-state index in [0.717, 1.165) is 55.3 Å². The van der Waals surface area contributed by atoms with Crippen molar-refractivity contribution >= 4 is 0 Å². The summed E-state index contributed by atoms with van der Waals surface area (Å²) >= 11 is 0. The molecule has 35 heavy (non-hydrogen) atoms. The van der Waals surface area contributed by atoms with Crippen LogP contribution in [-0.2, 0) is 17.8 Å². The van der Waals surface area contributed by atoms with Crippen molar-refractivity contribution in [2.75, 3.05) is 40.5 Å². The van der Waals surface area contributed by atoms with E-state index in [-0.39, 0.29) is 5.60 Å². The van der Waals surface area contributed by atoms with Crippen molar-refractivity contribution in [3.8, 4) is 17.2 Å². The monoisotopic (exact) mass is 479 g/mol. The number of benzene rings is 2. The van der Waals surface area contributed by atoms with Crippen molar-refractivity contribution in [3.63, 3.8) is 0 Å². The highest BCUT2D eigenvalue weighted by atomic mass is 16.5. The quantitative estimate of drug-likeness (QED) is 0.399. The number of hydrogen-bond donors (Lipinski definition) is 0. The molecule has 7 nitrogen and oxygen atoms in total.